The lowest BCUT2D eigenvalue weighted by molar-refractivity contribution is 0.590. The van der Waals surface area contributed by atoms with Crippen LogP contribution in [0.5, 0.6) is 0 Å². The van der Waals surface area contributed by atoms with E-state index in [2.05, 4.69) is 140 Å². The van der Waals surface area contributed by atoms with Gasteiger partial charge in [0.1, 0.15) is 0 Å². The zero-order valence-electron chi connectivity index (χ0n) is 24.2. The highest BCUT2D eigenvalue weighted by Crippen LogP contribution is 2.50. The number of allylic oxidation sites excluding steroid dienone is 5. The molecule has 2 unspecified atom stereocenters. The normalized spacial score (nSPS) is 19.7. The Morgan fingerprint density at radius 1 is 0.730 bits per heavy atom. The lowest BCUT2D eigenvalue weighted by atomic mass is 9.82. The van der Waals surface area contributed by atoms with Gasteiger partial charge >= 0.3 is 0 Å². The Bertz CT molecular complexity index is 1450. The van der Waals surface area contributed by atoms with Gasteiger partial charge in [0.25, 0.3) is 0 Å². The van der Waals surface area contributed by atoms with Gasteiger partial charge in [0, 0.05) is 5.54 Å². The zero-order valence-corrected chi connectivity index (χ0v) is 25.2. The summed E-state index contributed by atoms with van der Waals surface area (Å²) in [5, 5.41) is 1.75. The minimum atomic E-state index is -1.78. The topological polar surface area (TPSA) is 0 Å². The molecule has 2 aliphatic carbocycles. The van der Waals surface area contributed by atoms with Gasteiger partial charge in [0.05, 0.1) is 8.07 Å². The Kier molecular flexibility index (Phi) is 6.35. The van der Waals surface area contributed by atoms with Crippen molar-refractivity contribution in [3.05, 3.63) is 111 Å². The van der Waals surface area contributed by atoms with E-state index >= 15 is 0 Å². The first-order valence-corrected chi connectivity index (χ1v) is 16.9. The fourth-order valence-electron chi connectivity index (χ4n) is 6.88. The monoisotopic (exact) mass is 502 g/mol. The van der Waals surface area contributed by atoms with E-state index in [4.69, 9.17) is 0 Å². The largest absolute Gasteiger partial charge is 0.0880 e. The second-order valence-corrected chi connectivity index (χ2v) is 17.4. The van der Waals surface area contributed by atoms with Crippen molar-refractivity contribution in [3.63, 3.8) is 0 Å². The van der Waals surface area contributed by atoms with Crippen LogP contribution in [0.3, 0.4) is 0 Å². The maximum absolute atomic E-state index is 2.60. The van der Waals surface area contributed by atoms with Gasteiger partial charge in [-0.15, -0.1) is 0 Å². The highest BCUT2D eigenvalue weighted by atomic mass is 28.3. The first kappa shape index (κ1) is 25.7. The van der Waals surface area contributed by atoms with Gasteiger partial charge in [-0.25, -0.2) is 0 Å². The van der Waals surface area contributed by atoms with Gasteiger partial charge in [-0.2, -0.15) is 0 Å². The van der Waals surface area contributed by atoms with E-state index in [1.54, 1.807) is 16.3 Å². The molecule has 0 saturated heterocycles. The highest BCUT2D eigenvalue weighted by molar-refractivity contribution is 6.86. The smallest absolute Gasteiger partial charge is 0.0787 e. The van der Waals surface area contributed by atoms with Crippen LogP contribution in [0, 0.1) is 5.92 Å². The second kappa shape index (κ2) is 9.13. The van der Waals surface area contributed by atoms with Crippen molar-refractivity contribution in [2.75, 3.05) is 0 Å². The third kappa shape index (κ3) is 4.22. The zero-order chi connectivity index (χ0) is 26.7. The maximum atomic E-state index is 2.60. The average molecular weight is 503 g/mol. The fraction of sp³-hybridized carbons (Fsp3) is 0.333. The van der Waals surface area contributed by atoms with Crippen LogP contribution in [0.1, 0.15) is 70.7 Å². The van der Waals surface area contributed by atoms with Crippen molar-refractivity contribution in [1.82, 2.24) is 0 Å². The molecule has 1 heteroatoms. The third-order valence-corrected chi connectivity index (χ3v) is 13.6. The third-order valence-electron chi connectivity index (χ3n) is 9.30. The van der Waals surface area contributed by atoms with E-state index < -0.39 is 8.07 Å². The Hall–Kier alpha value is -2.90. The summed E-state index contributed by atoms with van der Waals surface area (Å²) in [7, 11) is -1.78. The molecule has 0 aliphatic heterocycles. The fourth-order valence-corrected chi connectivity index (χ4v) is 11.3. The molecule has 190 valence electrons. The van der Waals surface area contributed by atoms with Crippen molar-refractivity contribution in [3.8, 4) is 22.3 Å². The molecule has 2 atom stereocenters. The standard InChI is InChI=1S/C36H42Si/c1-23-24(2)26(4)35(25(23)3)37(8,9)34-21-20-30-29(16-13-17-32(30)34)31-19-18-28(36(5,6)7)22-33(31)27-14-11-10-12-15-27/h10-22,25,34H,1-9H3. The molecule has 0 radical (unpaired) electrons. The van der Waals surface area contributed by atoms with E-state index in [0.717, 1.165) is 0 Å². The number of benzene rings is 3. The average Bonchev–Trinajstić information content (AvgIpc) is 3.40. The summed E-state index contributed by atoms with van der Waals surface area (Å²) < 4.78 is 0. The molecular weight excluding hydrogens is 460 g/mol. The number of hydrogen-bond acceptors (Lipinski definition) is 0. The van der Waals surface area contributed by atoms with E-state index in [9.17, 15) is 0 Å². The van der Waals surface area contributed by atoms with Crippen LogP contribution < -0.4 is 0 Å². The minimum absolute atomic E-state index is 0.106. The van der Waals surface area contributed by atoms with Crippen LogP contribution in [-0.4, -0.2) is 8.07 Å². The van der Waals surface area contributed by atoms with Crippen molar-refractivity contribution in [1.29, 1.82) is 0 Å². The van der Waals surface area contributed by atoms with Gasteiger partial charge in [0.15, 0.2) is 0 Å². The van der Waals surface area contributed by atoms with E-state index in [-0.39, 0.29) is 5.41 Å². The lowest BCUT2D eigenvalue weighted by Gasteiger charge is -2.35. The molecule has 0 spiro atoms. The predicted molar refractivity (Wildman–Crippen MR) is 166 cm³/mol. The van der Waals surface area contributed by atoms with Crippen LogP contribution in [0.2, 0.25) is 13.1 Å². The lowest BCUT2D eigenvalue weighted by Crippen LogP contribution is -2.39. The molecule has 0 saturated carbocycles. The van der Waals surface area contributed by atoms with Crippen LogP contribution in [0.15, 0.2) is 94.7 Å². The summed E-state index contributed by atoms with van der Waals surface area (Å²) in [6, 6.07) is 25.0. The molecule has 0 amide bonds. The van der Waals surface area contributed by atoms with Gasteiger partial charge in [-0.1, -0.05) is 136 Å². The van der Waals surface area contributed by atoms with E-state index in [0.29, 0.717) is 11.5 Å². The summed E-state index contributed by atoms with van der Waals surface area (Å²) in [5.74, 6) is 0.567. The Balaban J connectivity index is 1.64. The summed E-state index contributed by atoms with van der Waals surface area (Å²) in [4.78, 5) is 0. The Morgan fingerprint density at radius 2 is 1.43 bits per heavy atom. The second-order valence-electron chi connectivity index (χ2n) is 12.8. The molecule has 3 aromatic carbocycles. The van der Waals surface area contributed by atoms with Gasteiger partial charge in [-0.05, 0) is 76.6 Å². The van der Waals surface area contributed by atoms with Gasteiger partial charge in [0.2, 0.25) is 0 Å². The molecule has 0 N–H and O–H groups in total. The quantitative estimate of drug-likeness (QED) is 0.311. The molecule has 0 heterocycles. The summed E-state index contributed by atoms with van der Waals surface area (Å²) in [6.07, 6.45) is 4.96. The Labute approximate surface area is 225 Å². The molecule has 0 bridgehead atoms. The molecular formula is C36H42Si. The van der Waals surface area contributed by atoms with Crippen molar-refractivity contribution < 1.29 is 0 Å². The number of rotatable bonds is 4. The number of fused-ring (bicyclic) bond motifs is 1. The molecule has 2 aliphatic rings. The molecule has 3 aromatic rings. The summed E-state index contributed by atoms with van der Waals surface area (Å²) >= 11 is 0. The molecule has 0 aromatic heterocycles. The van der Waals surface area contributed by atoms with Crippen molar-refractivity contribution >= 4 is 14.1 Å². The van der Waals surface area contributed by atoms with Crippen LogP contribution in [0.4, 0.5) is 0 Å². The number of hydrogen-bond donors (Lipinski definition) is 0. The first-order chi connectivity index (χ1) is 17.4. The minimum Gasteiger partial charge on any atom is -0.0787 e. The van der Waals surface area contributed by atoms with E-state index in [1.165, 1.54) is 44.5 Å². The Morgan fingerprint density at radius 3 is 2.05 bits per heavy atom. The maximum Gasteiger partial charge on any atom is 0.0880 e. The van der Waals surface area contributed by atoms with Crippen molar-refractivity contribution in [2.45, 2.75) is 72.5 Å². The summed E-state index contributed by atoms with van der Waals surface area (Å²) in [6.45, 7) is 21.5. The molecule has 0 nitrogen and oxygen atoms in total. The first-order valence-electron chi connectivity index (χ1n) is 13.8. The van der Waals surface area contributed by atoms with Crippen LogP contribution in [0.25, 0.3) is 28.3 Å². The highest BCUT2D eigenvalue weighted by Gasteiger charge is 2.43. The van der Waals surface area contributed by atoms with Gasteiger partial charge < -0.3 is 0 Å². The van der Waals surface area contributed by atoms with Crippen molar-refractivity contribution in [2.24, 2.45) is 5.92 Å². The molecule has 37 heavy (non-hydrogen) atoms. The van der Waals surface area contributed by atoms with E-state index in [1.807, 2.05) is 0 Å². The van der Waals surface area contributed by atoms with Crippen LogP contribution in [-0.2, 0) is 5.41 Å². The van der Waals surface area contributed by atoms with Gasteiger partial charge in [-0.3, -0.25) is 0 Å². The summed E-state index contributed by atoms with van der Waals surface area (Å²) in [5.41, 5.74) is 14.9. The van der Waals surface area contributed by atoms with Crippen LogP contribution >= 0.6 is 0 Å². The molecule has 0 fully saturated rings. The predicted octanol–water partition coefficient (Wildman–Crippen LogP) is 10.5. The SMILES string of the molecule is CC1=C(C)C(C)C([Si](C)(C)C2C=Cc3c(-c4ccc(C(C)(C)C)cc4-c4ccccc4)cccc32)=C1C. The molecule has 5 rings (SSSR count).